The first-order valence-electron chi connectivity index (χ1n) is 6.30. The minimum Gasteiger partial charge on any atom is -0.361 e. The first kappa shape index (κ1) is 9.91. The van der Waals surface area contributed by atoms with Crippen molar-refractivity contribution in [2.45, 2.75) is 32.1 Å². The van der Waals surface area contributed by atoms with Crippen molar-refractivity contribution >= 4 is 10.9 Å². The molecule has 2 heteroatoms. The highest BCUT2D eigenvalue weighted by molar-refractivity contribution is 5.88. The summed E-state index contributed by atoms with van der Waals surface area (Å²) in [6.07, 6.45) is 8.49. The van der Waals surface area contributed by atoms with E-state index in [-0.39, 0.29) is 0 Å². The van der Waals surface area contributed by atoms with Crippen LogP contribution in [0, 0.1) is 0 Å². The Bertz CT molecular complexity index is 511. The predicted molar refractivity (Wildman–Crippen MR) is 66.4 cm³/mol. The molecule has 0 amide bonds. The van der Waals surface area contributed by atoms with Crippen LogP contribution in [0.1, 0.15) is 29.5 Å². The standard InChI is InChI=1S/C14H18N2/c15-8-7-11-9-16-13-6-5-10-3-1-2-4-12(10)14(11)13/h5-6,9,16H,1-4,7-8,15H2/p+1. The summed E-state index contributed by atoms with van der Waals surface area (Å²) in [7, 11) is 0. The highest BCUT2D eigenvalue weighted by Crippen LogP contribution is 2.31. The number of aromatic amines is 1. The molecule has 2 aromatic rings. The van der Waals surface area contributed by atoms with Gasteiger partial charge in [0.15, 0.2) is 0 Å². The third kappa shape index (κ3) is 1.45. The quantitative estimate of drug-likeness (QED) is 0.767. The molecule has 0 radical (unpaired) electrons. The van der Waals surface area contributed by atoms with Crippen molar-refractivity contribution in [1.29, 1.82) is 0 Å². The summed E-state index contributed by atoms with van der Waals surface area (Å²) >= 11 is 0. The summed E-state index contributed by atoms with van der Waals surface area (Å²) in [5, 5.41) is 1.50. The first-order chi connectivity index (χ1) is 7.90. The van der Waals surface area contributed by atoms with Crippen LogP contribution in [-0.2, 0) is 19.3 Å². The van der Waals surface area contributed by atoms with Crippen molar-refractivity contribution in [3.63, 3.8) is 0 Å². The molecule has 0 atom stereocenters. The topological polar surface area (TPSA) is 43.4 Å². The van der Waals surface area contributed by atoms with Gasteiger partial charge < -0.3 is 10.7 Å². The Kier molecular flexibility index (Phi) is 2.44. The van der Waals surface area contributed by atoms with Gasteiger partial charge >= 0.3 is 0 Å². The minimum absolute atomic E-state index is 0.983. The lowest BCUT2D eigenvalue weighted by molar-refractivity contribution is -0.366. The Morgan fingerprint density at radius 3 is 2.94 bits per heavy atom. The summed E-state index contributed by atoms with van der Waals surface area (Å²) in [6.45, 7) is 0.983. The van der Waals surface area contributed by atoms with E-state index in [1.54, 1.807) is 11.1 Å². The fourth-order valence-electron chi connectivity index (χ4n) is 2.94. The summed E-state index contributed by atoms with van der Waals surface area (Å²) in [4.78, 5) is 3.40. The van der Waals surface area contributed by atoms with Crippen molar-refractivity contribution in [1.82, 2.24) is 4.98 Å². The molecule has 0 bridgehead atoms. The van der Waals surface area contributed by atoms with Crippen LogP contribution in [0.15, 0.2) is 18.3 Å². The summed E-state index contributed by atoms with van der Waals surface area (Å²) in [6, 6.07) is 4.55. The highest BCUT2D eigenvalue weighted by atomic mass is 14.7. The third-order valence-electron chi connectivity index (χ3n) is 3.70. The molecule has 1 aliphatic carbocycles. The van der Waals surface area contributed by atoms with Gasteiger partial charge in [0.1, 0.15) is 0 Å². The van der Waals surface area contributed by atoms with Crippen LogP contribution in [0.4, 0.5) is 0 Å². The number of aromatic nitrogens is 1. The zero-order valence-electron chi connectivity index (χ0n) is 9.68. The molecule has 1 heterocycles. The second kappa shape index (κ2) is 3.95. The van der Waals surface area contributed by atoms with Crippen molar-refractivity contribution < 1.29 is 5.73 Å². The molecule has 1 aromatic carbocycles. The van der Waals surface area contributed by atoms with Gasteiger partial charge in [0.05, 0.1) is 6.54 Å². The summed E-state index contributed by atoms with van der Waals surface area (Å²) in [5.74, 6) is 0. The number of nitrogens with one attached hydrogen (secondary N) is 1. The first-order valence-corrected chi connectivity index (χ1v) is 6.30. The number of hydrogen-bond acceptors (Lipinski definition) is 0. The number of benzene rings is 1. The number of fused-ring (bicyclic) bond motifs is 3. The average molecular weight is 215 g/mol. The normalized spacial score (nSPS) is 15.3. The van der Waals surface area contributed by atoms with E-state index in [2.05, 4.69) is 29.0 Å². The van der Waals surface area contributed by atoms with Crippen molar-refractivity contribution in [2.75, 3.05) is 6.54 Å². The second-order valence-corrected chi connectivity index (χ2v) is 4.75. The van der Waals surface area contributed by atoms with Gasteiger partial charge in [0, 0.05) is 23.5 Å². The maximum atomic E-state index is 3.97. The number of hydrogen-bond donors (Lipinski definition) is 2. The van der Waals surface area contributed by atoms with Crippen LogP contribution in [0.25, 0.3) is 10.9 Å². The van der Waals surface area contributed by atoms with Gasteiger partial charge in [-0.2, -0.15) is 0 Å². The monoisotopic (exact) mass is 215 g/mol. The average Bonchev–Trinajstić information content (AvgIpc) is 2.73. The van der Waals surface area contributed by atoms with E-state index < -0.39 is 0 Å². The molecule has 16 heavy (non-hydrogen) atoms. The molecular formula is C14H19N2+. The molecule has 0 saturated carbocycles. The highest BCUT2D eigenvalue weighted by Gasteiger charge is 2.15. The number of rotatable bonds is 2. The lowest BCUT2D eigenvalue weighted by atomic mass is 9.88. The van der Waals surface area contributed by atoms with E-state index in [9.17, 15) is 0 Å². The molecule has 0 spiro atoms. The zero-order valence-corrected chi connectivity index (χ0v) is 9.68. The predicted octanol–water partition coefficient (Wildman–Crippen LogP) is 1.83. The van der Waals surface area contributed by atoms with Gasteiger partial charge in [0.2, 0.25) is 0 Å². The number of quaternary nitrogens is 1. The lowest BCUT2D eigenvalue weighted by Crippen LogP contribution is -2.51. The minimum atomic E-state index is 0.983. The Balaban J connectivity index is 2.23. The molecule has 2 nitrogen and oxygen atoms in total. The van der Waals surface area contributed by atoms with Crippen LogP contribution in [0.2, 0.25) is 0 Å². The van der Waals surface area contributed by atoms with Crippen LogP contribution < -0.4 is 5.73 Å². The van der Waals surface area contributed by atoms with Gasteiger partial charge in [0.25, 0.3) is 0 Å². The Hall–Kier alpha value is -1.28. The largest absolute Gasteiger partial charge is 0.361 e. The van der Waals surface area contributed by atoms with Crippen LogP contribution >= 0.6 is 0 Å². The van der Waals surface area contributed by atoms with E-state index in [1.165, 1.54) is 42.1 Å². The molecule has 84 valence electrons. The van der Waals surface area contributed by atoms with Gasteiger partial charge in [-0.1, -0.05) is 6.07 Å². The maximum absolute atomic E-state index is 3.97. The van der Waals surface area contributed by atoms with Crippen molar-refractivity contribution in [3.05, 3.63) is 35.0 Å². The van der Waals surface area contributed by atoms with Gasteiger partial charge in [-0.3, -0.25) is 0 Å². The van der Waals surface area contributed by atoms with Crippen LogP contribution in [0.3, 0.4) is 0 Å². The zero-order chi connectivity index (χ0) is 11.0. The van der Waals surface area contributed by atoms with Gasteiger partial charge in [-0.05, 0) is 48.4 Å². The van der Waals surface area contributed by atoms with Crippen molar-refractivity contribution in [2.24, 2.45) is 0 Å². The molecule has 0 fully saturated rings. The SMILES string of the molecule is [NH3+]CCc1c[nH]c2ccc3c(c12)CCCC3. The second-order valence-electron chi connectivity index (χ2n) is 4.75. The molecule has 1 aromatic heterocycles. The van der Waals surface area contributed by atoms with E-state index in [0.717, 1.165) is 13.0 Å². The smallest absolute Gasteiger partial charge is 0.0781 e. The fraction of sp³-hybridized carbons (Fsp3) is 0.429. The molecule has 0 unspecified atom stereocenters. The summed E-state index contributed by atoms with van der Waals surface area (Å²) < 4.78 is 0. The van der Waals surface area contributed by atoms with Crippen LogP contribution in [0.5, 0.6) is 0 Å². The number of H-pyrrole nitrogens is 1. The Morgan fingerprint density at radius 2 is 2.06 bits per heavy atom. The third-order valence-corrected chi connectivity index (χ3v) is 3.70. The molecular weight excluding hydrogens is 196 g/mol. The molecule has 0 aliphatic heterocycles. The molecule has 1 aliphatic rings. The van der Waals surface area contributed by atoms with E-state index in [1.807, 2.05) is 0 Å². The van der Waals surface area contributed by atoms with Crippen LogP contribution in [-0.4, -0.2) is 11.5 Å². The van der Waals surface area contributed by atoms with E-state index in [4.69, 9.17) is 0 Å². The Morgan fingerprint density at radius 1 is 1.19 bits per heavy atom. The lowest BCUT2D eigenvalue weighted by Gasteiger charge is -2.17. The fourth-order valence-corrected chi connectivity index (χ4v) is 2.94. The van der Waals surface area contributed by atoms with Gasteiger partial charge in [-0.25, -0.2) is 0 Å². The Labute approximate surface area is 95.8 Å². The maximum Gasteiger partial charge on any atom is 0.0781 e. The molecule has 3 rings (SSSR count). The van der Waals surface area contributed by atoms with Gasteiger partial charge in [-0.15, -0.1) is 0 Å². The molecule has 4 N–H and O–H groups in total. The van der Waals surface area contributed by atoms with E-state index in [0.29, 0.717) is 0 Å². The summed E-state index contributed by atoms with van der Waals surface area (Å²) in [5.41, 5.74) is 9.91. The molecule has 0 saturated heterocycles. The van der Waals surface area contributed by atoms with Crippen molar-refractivity contribution in [3.8, 4) is 0 Å². The number of aryl methyl sites for hydroxylation is 2. The van der Waals surface area contributed by atoms with E-state index >= 15 is 0 Å².